The second-order valence-corrected chi connectivity index (χ2v) is 11.6. The smallest absolute Gasteiger partial charge is 0.408 e. The minimum atomic E-state index is -3.96. The lowest BCUT2D eigenvalue weighted by molar-refractivity contribution is -0.147. The van der Waals surface area contributed by atoms with Crippen molar-refractivity contribution < 1.29 is 28.5 Å². The molecule has 7 nitrogen and oxygen atoms in total. The number of benzene rings is 2. The molecule has 1 amide bonds. The molecule has 0 aliphatic rings. The van der Waals surface area contributed by atoms with Crippen LogP contribution in [-0.4, -0.2) is 35.5 Å². The van der Waals surface area contributed by atoms with Gasteiger partial charge in [0, 0.05) is 6.16 Å². The number of esters is 1. The van der Waals surface area contributed by atoms with Crippen molar-refractivity contribution in [1.82, 2.24) is 5.32 Å². The van der Waals surface area contributed by atoms with Gasteiger partial charge < -0.3 is 19.7 Å². The van der Waals surface area contributed by atoms with Gasteiger partial charge in [-0.05, 0) is 59.3 Å². The maximum Gasteiger partial charge on any atom is 0.408 e. The predicted molar refractivity (Wildman–Crippen MR) is 137 cm³/mol. The van der Waals surface area contributed by atoms with Crippen molar-refractivity contribution in [3.8, 4) is 11.1 Å². The van der Waals surface area contributed by atoms with Crippen molar-refractivity contribution in [3.05, 3.63) is 82.6 Å². The fraction of sp³-hybridized carbons (Fsp3) is 0.308. The molecule has 0 aliphatic heterocycles. The number of carbonyl (C=O) groups is 2. The molecule has 0 saturated carbocycles. The van der Waals surface area contributed by atoms with E-state index in [-0.39, 0.29) is 25.8 Å². The summed E-state index contributed by atoms with van der Waals surface area (Å²) >= 11 is 1.61. The molecule has 0 aliphatic carbocycles. The second-order valence-electron chi connectivity index (χ2n) is 8.18. The fourth-order valence-corrected chi connectivity index (χ4v) is 5.74. The molecule has 9 heteroatoms. The zero-order valence-corrected chi connectivity index (χ0v) is 21.5. The Bertz CT molecular complexity index is 1130. The maximum absolute atomic E-state index is 13.1. The van der Waals surface area contributed by atoms with Gasteiger partial charge in [-0.1, -0.05) is 54.6 Å². The molecule has 2 aromatic carbocycles. The van der Waals surface area contributed by atoms with Crippen molar-refractivity contribution in [1.29, 1.82) is 0 Å². The molecular formula is C26H30NO6PS. The number of carbonyl (C=O) groups excluding carboxylic acids is 2. The lowest BCUT2D eigenvalue weighted by Gasteiger charge is -2.24. The summed E-state index contributed by atoms with van der Waals surface area (Å²) in [6.45, 7) is 3.34. The van der Waals surface area contributed by atoms with Gasteiger partial charge in [0.15, 0.2) is 0 Å². The first-order valence-corrected chi connectivity index (χ1v) is 14.2. The molecule has 0 radical (unpaired) electrons. The van der Waals surface area contributed by atoms with E-state index in [0.29, 0.717) is 0 Å². The van der Waals surface area contributed by atoms with Crippen LogP contribution in [0.5, 0.6) is 0 Å². The highest BCUT2D eigenvalue weighted by molar-refractivity contribution is 7.58. The van der Waals surface area contributed by atoms with Crippen LogP contribution in [0.4, 0.5) is 4.79 Å². The van der Waals surface area contributed by atoms with Crippen molar-refractivity contribution >= 4 is 30.8 Å². The summed E-state index contributed by atoms with van der Waals surface area (Å²) < 4.78 is 23.4. The summed E-state index contributed by atoms with van der Waals surface area (Å²) in [5, 5.41) is 6.49. The second kappa shape index (κ2) is 12.7. The highest BCUT2D eigenvalue weighted by atomic mass is 32.1. The number of thiophene rings is 1. The van der Waals surface area contributed by atoms with Gasteiger partial charge in [-0.15, -0.1) is 0 Å². The van der Waals surface area contributed by atoms with Crippen LogP contribution in [0, 0.1) is 5.92 Å². The third kappa shape index (κ3) is 8.06. The molecule has 3 rings (SSSR count). The Hall–Kier alpha value is -2.93. The Kier molecular flexibility index (Phi) is 9.66. The number of rotatable bonds is 11. The van der Waals surface area contributed by atoms with Crippen molar-refractivity contribution in [2.75, 3.05) is 12.8 Å². The zero-order valence-electron chi connectivity index (χ0n) is 19.8. The minimum absolute atomic E-state index is 0.0436. The summed E-state index contributed by atoms with van der Waals surface area (Å²) in [7, 11) is -3.96. The van der Waals surface area contributed by atoms with Gasteiger partial charge in [-0.25, -0.2) is 4.79 Å². The summed E-state index contributed by atoms with van der Waals surface area (Å²) in [6.07, 6.45) is -0.871. The lowest BCUT2D eigenvalue weighted by atomic mass is 9.99. The molecule has 186 valence electrons. The molecule has 3 unspecified atom stereocenters. The van der Waals surface area contributed by atoms with Crippen LogP contribution in [-0.2, 0) is 31.9 Å². The van der Waals surface area contributed by atoms with Crippen LogP contribution in [0.3, 0.4) is 0 Å². The van der Waals surface area contributed by atoms with E-state index in [1.165, 1.54) is 6.92 Å². The monoisotopic (exact) mass is 515 g/mol. The molecule has 0 spiro atoms. The number of hydrogen-bond donors (Lipinski definition) is 2. The molecule has 3 aromatic rings. The van der Waals surface area contributed by atoms with E-state index in [1.54, 1.807) is 18.3 Å². The van der Waals surface area contributed by atoms with Crippen LogP contribution in [0.15, 0.2) is 71.4 Å². The molecule has 1 aromatic heterocycles. The zero-order chi connectivity index (χ0) is 25.3. The summed E-state index contributed by atoms with van der Waals surface area (Å²) in [6, 6.07) is 18.9. The molecule has 3 atom stereocenters. The fourth-order valence-electron chi connectivity index (χ4n) is 3.54. The van der Waals surface area contributed by atoms with Crippen LogP contribution in [0.25, 0.3) is 11.1 Å². The molecular weight excluding hydrogens is 485 g/mol. The number of amides is 1. The maximum atomic E-state index is 13.1. The van der Waals surface area contributed by atoms with Crippen molar-refractivity contribution in [3.63, 3.8) is 0 Å². The quantitative estimate of drug-likeness (QED) is 0.252. The van der Waals surface area contributed by atoms with E-state index >= 15 is 0 Å². The molecule has 0 bridgehead atoms. The highest BCUT2D eigenvalue weighted by Gasteiger charge is 2.35. The average Bonchev–Trinajstić information content (AvgIpc) is 3.38. The summed E-state index contributed by atoms with van der Waals surface area (Å²) in [5.74, 6) is -2.46. The van der Waals surface area contributed by atoms with Crippen LogP contribution >= 0.6 is 18.7 Å². The Balaban J connectivity index is 1.62. The Labute approximate surface area is 209 Å². The van der Waals surface area contributed by atoms with Gasteiger partial charge in [-0.3, -0.25) is 9.36 Å². The van der Waals surface area contributed by atoms with E-state index in [0.717, 1.165) is 22.3 Å². The largest absolute Gasteiger partial charge is 0.466 e. The molecule has 2 N–H and O–H groups in total. The van der Waals surface area contributed by atoms with Crippen molar-refractivity contribution in [2.24, 2.45) is 5.92 Å². The van der Waals surface area contributed by atoms with E-state index < -0.39 is 31.1 Å². The predicted octanol–water partition coefficient (Wildman–Crippen LogP) is 5.68. The van der Waals surface area contributed by atoms with Gasteiger partial charge in [0.2, 0.25) is 7.37 Å². The van der Waals surface area contributed by atoms with Gasteiger partial charge in [0.1, 0.15) is 12.4 Å². The van der Waals surface area contributed by atoms with Gasteiger partial charge in [0.05, 0.1) is 12.5 Å². The Morgan fingerprint density at radius 3 is 2.34 bits per heavy atom. The third-order valence-electron chi connectivity index (χ3n) is 5.54. The van der Waals surface area contributed by atoms with Crippen LogP contribution in [0.1, 0.15) is 25.0 Å². The topological polar surface area (TPSA) is 102 Å². The third-order valence-corrected chi connectivity index (χ3v) is 8.52. The number of hydrogen-bond acceptors (Lipinski definition) is 6. The lowest BCUT2D eigenvalue weighted by Crippen LogP contribution is -2.35. The minimum Gasteiger partial charge on any atom is -0.466 e. The number of ether oxygens (including phenoxy) is 2. The standard InChI is InChI=1S/C26H30NO6PS/c1-3-32-25(28)24(15-20-9-11-22(12-10-20)23-13-14-35-18-23)17-34(30,31)19(2)27-26(29)33-16-21-7-5-4-6-8-21/h4-14,18-19,24H,3,15-17H2,1-2H3,(H,27,29)(H,30,31). The first-order chi connectivity index (χ1) is 16.8. The normalized spacial score (nSPS) is 14.4. The molecule has 35 heavy (non-hydrogen) atoms. The van der Waals surface area contributed by atoms with Crippen LogP contribution < -0.4 is 5.32 Å². The number of alkyl carbamates (subject to hydrolysis) is 1. The average molecular weight is 516 g/mol. The SMILES string of the molecule is CCOC(=O)C(Cc1ccc(-c2ccsc2)cc1)CP(=O)(O)C(C)NC(=O)OCc1ccccc1. The molecule has 1 heterocycles. The molecule has 0 fully saturated rings. The van der Waals surface area contributed by atoms with Gasteiger partial charge >= 0.3 is 12.1 Å². The van der Waals surface area contributed by atoms with E-state index in [1.807, 2.05) is 66.0 Å². The summed E-state index contributed by atoms with van der Waals surface area (Å²) in [5.41, 5.74) is 3.82. The van der Waals surface area contributed by atoms with E-state index in [2.05, 4.69) is 10.7 Å². The van der Waals surface area contributed by atoms with Gasteiger partial charge in [-0.2, -0.15) is 11.3 Å². The van der Waals surface area contributed by atoms with Crippen molar-refractivity contribution in [2.45, 2.75) is 32.7 Å². The highest BCUT2D eigenvalue weighted by Crippen LogP contribution is 2.47. The number of nitrogens with one attached hydrogen (secondary N) is 1. The van der Waals surface area contributed by atoms with E-state index in [9.17, 15) is 19.0 Å². The first-order valence-electron chi connectivity index (χ1n) is 11.4. The molecule has 0 saturated heterocycles. The van der Waals surface area contributed by atoms with E-state index in [4.69, 9.17) is 9.47 Å². The first kappa shape index (κ1) is 26.7. The summed E-state index contributed by atoms with van der Waals surface area (Å²) in [4.78, 5) is 35.5. The Morgan fingerprint density at radius 1 is 1.00 bits per heavy atom. The Morgan fingerprint density at radius 2 is 1.71 bits per heavy atom. The van der Waals surface area contributed by atoms with Crippen LogP contribution in [0.2, 0.25) is 0 Å². The van der Waals surface area contributed by atoms with Gasteiger partial charge in [0.25, 0.3) is 0 Å².